The van der Waals surface area contributed by atoms with Gasteiger partial charge < -0.3 is 5.11 Å². The Morgan fingerprint density at radius 1 is 1.04 bits per heavy atom. The van der Waals surface area contributed by atoms with Gasteiger partial charge in [-0.15, -0.1) is 0 Å². The van der Waals surface area contributed by atoms with Crippen molar-refractivity contribution in [1.82, 2.24) is 9.55 Å². The van der Waals surface area contributed by atoms with Crippen molar-refractivity contribution in [3.05, 3.63) is 71.0 Å². The van der Waals surface area contributed by atoms with Crippen molar-refractivity contribution in [3.8, 4) is 17.1 Å². The molecule has 4 nitrogen and oxygen atoms in total. The predicted octanol–water partition coefficient (Wildman–Crippen LogP) is 4.16. The van der Waals surface area contributed by atoms with E-state index >= 15 is 0 Å². The average molecular weight is 306 g/mol. The Kier molecular flexibility index (Phi) is 3.74. The van der Waals surface area contributed by atoms with E-state index in [1.54, 1.807) is 6.20 Å². The normalized spacial score (nSPS) is 10.7. The lowest BCUT2D eigenvalue weighted by Gasteiger charge is -2.10. The molecular weight excluding hydrogens is 288 g/mol. The average Bonchev–Trinajstić information content (AvgIpc) is 2.95. The van der Waals surface area contributed by atoms with Crippen molar-refractivity contribution in [2.24, 2.45) is 0 Å². The third-order valence-electron chi connectivity index (χ3n) is 3.97. The van der Waals surface area contributed by atoms with Gasteiger partial charge in [0.1, 0.15) is 5.82 Å². The lowest BCUT2D eigenvalue weighted by molar-refractivity contribution is 0.0691. The highest BCUT2D eigenvalue weighted by Crippen LogP contribution is 2.25. The van der Waals surface area contributed by atoms with E-state index in [-0.39, 0.29) is 5.69 Å². The van der Waals surface area contributed by atoms with Crippen LogP contribution in [-0.4, -0.2) is 20.6 Å². The molecule has 0 aliphatic heterocycles. The molecule has 0 saturated heterocycles. The van der Waals surface area contributed by atoms with Gasteiger partial charge in [-0.1, -0.05) is 29.8 Å². The molecular formula is C19H18N2O2. The van der Waals surface area contributed by atoms with Crippen molar-refractivity contribution in [2.45, 2.75) is 20.8 Å². The zero-order valence-electron chi connectivity index (χ0n) is 13.4. The van der Waals surface area contributed by atoms with Gasteiger partial charge in [0, 0.05) is 17.4 Å². The Morgan fingerprint density at radius 3 is 2.48 bits per heavy atom. The number of imidazole rings is 1. The summed E-state index contributed by atoms with van der Waals surface area (Å²) >= 11 is 0. The number of hydrogen-bond acceptors (Lipinski definition) is 2. The summed E-state index contributed by atoms with van der Waals surface area (Å²) in [6, 6.07) is 14.0. The van der Waals surface area contributed by atoms with Gasteiger partial charge in [-0.3, -0.25) is 4.57 Å². The van der Waals surface area contributed by atoms with Crippen molar-refractivity contribution < 1.29 is 9.90 Å². The van der Waals surface area contributed by atoms with E-state index in [9.17, 15) is 9.90 Å². The summed E-state index contributed by atoms with van der Waals surface area (Å²) in [5, 5.41) is 9.29. The van der Waals surface area contributed by atoms with Gasteiger partial charge in [0.15, 0.2) is 5.69 Å². The number of aromatic nitrogens is 2. The van der Waals surface area contributed by atoms with E-state index in [0.29, 0.717) is 5.82 Å². The Morgan fingerprint density at radius 2 is 1.83 bits per heavy atom. The molecule has 4 heteroatoms. The van der Waals surface area contributed by atoms with Gasteiger partial charge in [-0.05, 0) is 50.1 Å². The van der Waals surface area contributed by atoms with Crippen LogP contribution in [0.3, 0.4) is 0 Å². The fraction of sp³-hybridized carbons (Fsp3) is 0.158. The SMILES string of the molecule is Cc1cccc(-c2nc(C(=O)O)cn2-c2ccc(C)c(C)c2)c1. The van der Waals surface area contributed by atoms with Crippen LogP contribution in [0.4, 0.5) is 0 Å². The summed E-state index contributed by atoms with van der Waals surface area (Å²) in [5.74, 6) is -0.393. The molecule has 3 aromatic rings. The first-order valence-electron chi connectivity index (χ1n) is 7.43. The van der Waals surface area contributed by atoms with Crippen molar-refractivity contribution in [1.29, 1.82) is 0 Å². The van der Waals surface area contributed by atoms with Crippen LogP contribution in [0.15, 0.2) is 48.7 Å². The van der Waals surface area contributed by atoms with Crippen LogP contribution in [0.2, 0.25) is 0 Å². The maximum atomic E-state index is 11.3. The molecule has 0 unspecified atom stereocenters. The maximum Gasteiger partial charge on any atom is 0.356 e. The fourth-order valence-electron chi connectivity index (χ4n) is 2.54. The molecule has 116 valence electrons. The van der Waals surface area contributed by atoms with Gasteiger partial charge in [0.25, 0.3) is 0 Å². The molecule has 0 aliphatic carbocycles. The lowest BCUT2D eigenvalue weighted by Crippen LogP contribution is -1.97. The van der Waals surface area contributed by atoms with E-state index in [1.165, 1.54) is 5.56 Å². The highest BCUT2D eigenvalue weighted by atomic mass is 16.4. The second-order valence-electron chi connectivity index (χ2n) is 5.76. The zero-order chi connectivity index (χ0) is 16.6. The first-order chi connectivity index (χ1) is 11.0. The molecule has 0 aliphatic rings. The first kappa shape index (κ1) is 15.0. The minimum absolute atomic E-state index is 0.0414. The molecule has 1 N–H and O–H groups in total. The molecule has 3 rings (SSSR count). The highest BCUT2D eigenvalue weighted by molar-refractivity contribution is 5.86. The van der Waals surface area contributed by atoms with Gasteiger partial charge in [0.2, 0.25) is 0 Å². The third kappa shape index (κ3) is 2.88. The van der Waals surface area contributed by atoms with Crippen LogP contribution in [0.25, 0.3) is 17.1 Å². The summed E-state index contributed by atoms with van der Waals surface area (Å²) in [4.78, 5) is 15.7. The largest absolute Gasteiger partial charge is 0.476 e. The number of aromatic carboxylic acids is 1. The smallest absolute Gasteiger partial charge is 0.356 e. The van der Waals surface area contributed by atoms with Gasteiger partial charge in [0.05, 0.1) is 0 Å². The minimum atomic E-state index is -1.03. The van der Waals surface area contributed by atoms with Crippen molar-refractivity contribution in [2.75, 3.05) is 0 Å². The van der Waals surface area contributed by atoms with E-state index in [0.717, 1.165) is 22.4 Å². The second-order valence-corrected chi connectivity index (χ2v) is 5.76. The molecule has 0 saturated carbocycles. The van der Waals surface area contributed by atoms with Crippen LogP contribution in [-0.2, 0) is 0 Å². The summed E-state index contributed by atoms with van der Waals surface area (Å²) in [6.07, 6.45) is 1.57. The van der Waals surface area contributed by atoms with E-state index < -0.39 is 5.97 Å². The number of benzene rings is 2. The summed E-state index contributed by atoms with van der Waals surface area (Å²) < 4.78 is 1.84. The summed E-state index contributed by atoms with van der Waals surface area (Å²) in [6.45, 7) is 6.10. The highest BCUT2D eigenvalue weighted by Gasteiger charge is 2.16. The van der Waals surface area contributed by atoms with E-state index in [2.05, 4.69) is 11.9 Å². The molecule has 23 heavy (non-hydrogen) atoms. The Hall–Kier alpha value is -2.88. The number of aryl methyl sites for hydroxylation is 3. The molecule has 0 radical (unpaired) electrons. The quantitative estimate of drug-likeness (QED) is 0.790. The Bertz CT molecular complexity index is 894. The number of nitrogens with zero attached hydrogens (tertiary/aromatic N) is 2. The monoisotopic (exact) mass is 306 g/mol. The van der Waals surface area contributed by atoms with Crippen LogP contribution >= 0.6 is 0 Å². The molecule has 2 aromatic carbocycles. The Labute approximate surface area is 135 Å². The van der Waals surface area contributed by atoms with Crippen LogP contribution < -0.4 is 0 Å². The standard InChI is InChI=1S/C19H18N2O2/c1-12-5-4-6-15(9-12)18-20-17(19(22)23)11-21(18)16-8-7-13(2)14(3)10-16/h4-11H,1-3H3,(H,22,23). The summed E-state index contributed by atoms with van der Waals surface area (Å²) in [5.41, 5.74) is 5.31. The molecule has 0 amide bonds. The first-order valence-corrected chi connectivity index (χ1v) is 7.43. The maximum absolute atomic E-state index is 11.3. The van der Waals surface area contributed by atoms with Crippen molar-refractivity contribution in [3.63, 3.8) is 0 Å². The fourth-order valence-corrected chi connectivity index (χ4v) is 2.54. The van der Waals surface area contributed by atoms with Crippen molar-refractivity contribution >= 4 is 5.97 Å². The molecule has 0 bridgehead atoms. The van der Waals surface area contributed by atoms with Crippen LogP contribution in [0.1, 0.15) is 27.2 Å². The predicted molar refractivity (Wildman–Crippen MR) is 90.2 cm³/mol. The second kappa shape index (κ2) is 5.72. The number of carboxylic acid groups (broad SMARTS) is 1. The zero-order valence-corrected chi connectivity index (χ0v) is 13.4. The molecule has 0 atom stereocenters. The molecule has 1 aromatic heterocycles. The molecule has 0 fully saturated rings. The molecule has 0 spiro atoms. The van der Waals surface area contributed by atoms with Gasteiger partial charge >= 0.3 is 5.97 Å². The van der Waals surface area contributed by atoms with Crippen LogP contribution in [0, 0.1) is 20.8 Å². The number of hydrogen-bond donors (Lipinski definition) is 1. The number of carboxylic acids is 1. The number of rotatable bonds is 3. The Balaban J connectivity index is 2.22. The third-order valence-corrected chi connectivity index (χ3v) is 3.97. The van der Waals surface area contributed by atoms with Gasteiger partial charge in [-0.25, -0.2) is 9.78 Å². The van der Waals surface area contributed by atoms with Crippen LogP contribution in [0.5, 0.6) is 0 Å². The van der Waals surface area contributed by atoms with E-state index in [1.807, 2.05) is 60.9 Å². The lowest BCUT2D eigenvalue weighted by atomic mass is 10.1. The van der Waals surface area contributed by atoms with Gasteiger partial charge in [-0.2, -0.15) is 0 Å². The topological polar surface area (TPSA) is 55.1 Å². The van der Waals surface area contributed by atoms with E-state index in [4.69, 9.17) is 0 Å². The minimum Gasteiger partial charge on any atom is -0.476 e. The molecule has 1 heterocycles. The summed E-state index contributed by atoms with van der Waals surface area (Å²) in [7, 11) is 0. The number of carbonyl (C=O) groups is 1.